The van der Waals surface area contributed by atoms with E-state index < -0.39 is 0 Å². The van der Waals surface area contributed by atoms with Crippen LogP contribution < -0.4 is 11.1 Å². The number of aromatic nitrogens is 3. The van der Waals surface area contributed by atoms with Crippen LogP contribution in [0.3, 0.4) is 0 Å². The number of rotatable bonds is 5. The van der Waals surface area contributed by atoms with E-state index in [1.807, 2.05) is 0 Å². The number of amidine groups is 1. The second-order valence-corrected chi connectivity index (χ2v) is 4.41. The van der Waals surface area contributed by atoms with E-state index >= 15 is 0 Å². The lowest BCUT2D eigenvalue weighted by Gasteiger charge is -2.05. The second-order valence-electron chi connectivity index (χ2n) is 4.41. The summed E-state index contributed by atoms with van der Waals surface area (Å²) < 4.78 is 1.61. The Labute approximate surface area is 121 Å². The summed E-state index contributed by atoms with van der Waals surface area (Å²) in [6.07, 6.45) is 2.16. The fourth-order valence-corrected chi connectivity index (χ4v) is 1.77. The van der Waals surface area contributed by atoms with Crippen LogP contribution in [0.4, 0.5) is 0 Å². The van der Waals surface area contributed by atoms with Gasteiger partial charge in [0, 0.05) is 31.1 Å². The Hall–Kier alpha value is -2.90. The van der Waals surface area contributed by atoms with Gasteiger partial charge in [0.05, 0.1) is 0 Å². The van der Waals surface area contributed by atoms with Gasteiger partial charge in [-0.1, -0.05) is 17.3 Å². The predicted octanol–water partition coefficient (Wildman–Crippen LogP) is -0.118. The van der Waals surface area contributed by atoms with Crippen molar-refractivity contribution in [3.05, 3.63) is 47.5 Å². The fourth-order valence-electron chi connectivity index (χ4n) is 1.77. The van der Waals surface area contributed by atoms with Gasteiger partial charge in [0.1, 0.15) is 6.33 Å². The molecule has 4 N–H and O–H groups in total. The van der Waals surface area contributed by atoms with Crippen LogP contribution in [-0.2, 0) is 13.5 Å². The van der Waals surface area contributed by atoms with Crippen LogP contribution in [0.5, 0.6) is 0 Å². The molecule has 0 saturated heterocycles. The van der Waals surface area contributed by atoms with Gasteiger partial charge in [-0.15, -0.1) is 0 Å². The molecule has 1 amide bonds. The third-order valence-electron chi connectivity index (χ3n) is 2.81. The lowest BCUT2D eigenvalue weighted by molar-refractivity contribution is 0.0954. The molecule has 21 heavy (non-hydrogen) atoms. The lowest BCUT2D eigenvalue weighted by Crippen LogP contribution is -2.26. The summed E-state index contributed by atoms with van der Waals surface area (Å²) in [6.45, 7) is 0.427. The minimum atomic E-state index is -0.237. The van der Waals surface area contributed by atoms with Gasteiger partial charge in [0.2, 0.25) is 0 Å². The third kappa shape index (κ3) is 3.78. The topological polar surface area (TPSA) is 118 Å². The second kappa shape index (κ2) is 6.51. The molecule has 110 valence electrons. The summed E-state index contributed by atoms with van der Waals surface area (Å²) in [5.74, 6) is 0.393. The molecule has 1 aromatic heterocycles. The van der Waals surface area contributed by atoms with Crippen molar-refractivity contribution in [1.29, 1.82) is 0 Å². The molecule has 0 spiro atoms. The molecule has 1 heterocycles. The highest BCUT2D eigenvalue weighted by atomic mass is 16.4. The van der Waals surface area contributed by atoms with Crippen LogP contribution in [-0.4, -0.2) is 38.3 Å². The smallest absolute Gasteiger partial charge is 0.251 e. The molecule has 0 unspecified atom stereocenters. The van der Waals surface area contributed by atoms with E-state index in [0.717, 1.165) is 0 Å². The highest BCUT2D eigenvalue weighted by Crippen LogP contribution is 2.05. The van der Waals surface area contributed by atoms with Crippen LogP contribution in [0, 0.1) is 0 Å². The van der Waals surface area contributed by atoms with Crippen LogP contribution in [0.1, 0.15) is 21.7 Å². The number of amides is 1. The molecule has 8 nitrogen and oxygen atoms in total. The van der Waals surface area contributed by atoms with Gasteiger partial charge in [0.15, 0.2) is 11.7 Å². The molecule has 0 aliphatic rings. The van der Waals surface area contributed by atoms with Gasteiger partial charge >= 0.3 is 0 Å². The highest BCUT2D eigenvalue weighted by molar-refractivity contribution is 6.01. The minimum absolute atomic E-state index is 0.0395. The molecule has 2 rings (SSSR count). The Morgan fingerprint density at radius 3 is 2.90 bits per heavy atom. The lowest BCUT2D eigenvalue weighted by atomic mass is 10.1. The first-order valence-electron chi connectivity index (χ1n) is 6.31. The van der Waals surface area contributed by atoms with Crippen LogP contribution in [0.25, 0.3) is 0 Å². The molecule has 8 heteroatoms. The van der Waals surface area contributed by atoms with Crippen molar-refractivity contribution in [2.75, 3.05) is 6.54 Å². The fraction of sp³-hybridized carbons (Fsp3) is 0.231. The summed E-state index contributed by atoms with van der Waals surface area (Å²) in [5, 5.41) is 18.4. The largest absolute Gasteiger partial charge is 0.409 e. The van der Waals surface area contributed by atoms with E-state index in [9.17, 15) is 4.79 Å². The van der Waals surface area contributed by atoms with Gasteiger partial charge in [0.25, 0.3) is 5.91 Å². The molecule has 0 aliphatic carbocycles. The Balaban J connectivity index is 1.94. The number of hydrogen-bond donors (Lipinski definition) is 3. The van der Waals surface area contributed by atoms with Gasteiger partial charge in [-0.05, 0) is 12.1 Å². The van der Waals surface area contributed by atoms with E-state index in [2.05, 4.69) is 20.6 Å². The summed E-state index contributed by atoms with van der Waals surface area (Å²) in [5.41, 5.74) is 6.41. The molecule has 0 radical (unpaired) electrons. The zero-order chi connectivity index (χ0) is 15.2. The van der Waals surface area contributed by atoms with Gasteiger partial charge in [-0.3, -0.25) is 9.48 Å². The number of carbonyl (C=O) groups is 1. The maximum Gasteiger partial charge on any atom is 0.251 e. The van der Waals surface area contributed by atoms with Crippen molar-refractivity contribution in [3.63, 3.8) is 0 Å². The first-order chi connectivity index (χ1) is 10.1. The van der Waals surface area contributed by atoms with E-state index in [1.165, 1.54) is 0 Å². The minimum Gasteiger partial charge on any atom is -0.409 e. The number of nitrogens with zero attached hydrogens (tertiary/aromatic N) is 4. The Bertz CT molecular complexity index is 664. The van der Waals surface area contributed by atoms with E-state index in [1.54, 1.807) is 42.3 Å². The SMILES string of the molecule is Cn1cnc(CCNC(=O)c2cccc(/C(N)=N/O)c2)n1. The Morgan fingerprint density at radius 2 is 2.24 bits per heavy atom. The number of hydrogen-bond acceptors (Lipinski definition) is 5. The normalized spacial score (nSPS) is 11.4. The monoisotopic (exact) mass is 288 g/mol. The molecule has 0 aliphatic heterocycles. The summed E-state index contributed by atoms with van der Waals surface area (Å²) in [7, 11) is 1.79. The molecular weight excluding hydrogens is 272 g/mol. The van der Waals surface area contributed by atoms with Crippen LogP contribution in [0.15, 0.2) is 35.7 Å². The van der Waals surface area contributed by atoms with E-state index in [0.29, 0.717) is 29.9 Å². The van der Waals surface area contributed by atoms with E-state index in [4.69, 9.17) is 10.9 Å². The van der Waals surface area contributed by atoms with Crippen molar-refractivity contribution in [2.45, 2.75) is 6.42 Å². The maximum atomic E-state index is 12.0. The molecule has 0 saturated carbocycles. The van der Waals surface area contributed by atoms with Crippen LogP contribution in [0.2, 0.25) is 0 Å². The first kappa shape index (κ1) is 14.5. The average molecular weight is 288 g/mol. The number of nitrogens with one attached hydrogen (secondary N) is 1. The van der Waals surface area contributed by atoms with Gasteiger partial charge < -0.3 is 16.3 Å². The number of carbonyl (C=O) groups excluding carboxylic acids is 1. The van der Waals surface area contributed by atoms with Gasteiger partial charge in [-0.25, -0.2) is 4.98 Å². The number of oxime groups is 1. The van der Waals surface area contributed by atoms with Crippen LogP contribution >= 0.6 is 0 Å². The zero-order valence-corrected chi connectivity index (χ0v) is 11.5. The average Bonchev–Trinajstić information content (AvgIpc) is 2.92. The van der Waals surface area contributed by atoms with Gasteiger partial charge in [-0.2, -0.15) is 5.10 Å². The molecule has 0 bridgehead atoms. The molecule has 0 atom stereocenters. The van der Waals surface area contributed by atoms with Crippen molar-refractivity contribution >= 4 is 11.7 Å². The standard InChI is InChI=1S/C13H16N6O2/c1-19-8-16-11(17-19)5-6-15-13(20)10-4-2-3-9(7-10)12(14)18-21/h2-4,7-8,21H,5-6H2,1H3,(H2,14,18)(H,15,20). The molecular formula is C13H16N6O2. The Kier molecular flexibility index (Phi) is 4.50. The quantitative estimate of drug-likeness (QED) is 0.307. The van der Waals surface area contributed by atoms with Crippen molar-refractivity contribution < 1.29 is 10.0 Å². The third-order valence-corrected chi connectivity index (χ3v) is 2.81. The summed E-state index contributed by atoms with van der Waals surface area (Å²) >= 11 is 0. The number of benzene rings is 1. The number of aryl methyl sites for hydroxylation is 1. The highest BCUT2D eigenvalue weighted by Gasteiger charge is 2.08. The zero-order valence-electron chi connectivity index (χ0n) is 11.5. The maximum absolute atomic E-state index is 12.0. The van der Waals surface area contributed by atoms with Crippen molar-refractivity contribution in [2.24, 2.45) is 17.9 Å². The summed E-state index contributed by atoms with van der Waals surface area (Å²) in [6, 6.07) is 6.54. The van der Waals surface area contributed by atoms with Crippen molar-refractivity contribution in [3.8, 4) is 0 Å². The predicted molar refractivity (Wildman–Crippen MR) is 76.0 cm³/mol. The summed E-state index contributed by atoms with van der Waals surface area (Å²) in [4.78, 5) is 16.1. The molecule has 0 fully saturated rings. The number of nitrogens with two attached hydrogens (primary N) is 1. The van der Waals surface area contributed by atoms with Crippen molar-refractivity contribution in [1.82, 2.24) is 20.1 Å². The first-order valence-corrected chi connectivity index (χ1v) is 6.31. The van der Waals surface area contributed by atoms with E-state index in [-0.39, 0.29) is 11.7 Å². The Morgan fingerprint density at radius 1 is 1.48 bits per heavy atom. The molecule has 2 aromatic rings. The molecule has 1 aromatic carbocycles.